The number of rotatable bonds is 5. The van der Waals surface area contributed by atoms with E-state index in [1.54, 1.807) is 0 Å². The number of carbonyl (C=O) groups excluding carboxylic acids is 1. The number of aromatic amines is 1. The number of H-pyrrole nitrogens is 1. The average Bonchev–Trinajstić information content (AvgIpc) is 3.19. The second kappa shape index (κ2) is 6.58. The van der Waals surface area contributed by atoms with Gasteiger partial charge in [-0.3, -0.25) is 9.89 Å². The van der Waals surface area contributed by atoms with E-state index < -0.39 is 0 Å². The Kier molecular flexibility index (Phi) is 4.34. The number of nitrogens with one attached hydrogen (secondary N) is 2. The molecule has 0 saturated carbocycles. The predicted molar refractivity (Wildman–Crippen MR) is 90.3 cm³/mol. The molecule has 1 aromatic carbocycles. The fraction of sp³-hybridized carbons (Fsp3) is 0.176. The van der Waals surface area contributed by atoms with E-state index in [2.05, 4.69) is 22.4 Å². The van der Waals surface area contributed by atoms with Gasteiger partial charge >= 0.3 is 0 Å². The molecule has 0 spiro atoms. The zero-order chi connectivity index (χ0) is 15.4. The van der Waals surface area contributed by atoms with Gasteiger partial charge in [0.15, 0.2) is 0 Å². The van der Waals surface area contributed by atoms with E-state index in [4.69, 9.17) is 0 Å². The highest BCUT2D eigenvalue weighted by molar-refractivity contribution is 7.12. The van der Waals surface area contributed by atoms with Crippen LogP contribution >= 0.6 is 11.3 Å². The van der Waals surface area contributed by atoms with Crippen LogP contribution in [0.25, 0.3) is 11.3 Å². The summed E-state index contributed by atoms with van der Waals surface area (Å²) in [5.41, 5.74) is 3.52. The zero-order valence-corrected chi connectivity index (χ0v) is 13.1. The molecule has 2 heterocycles. The van der Waals surface area contributed by atoms with Gasteiger partial charge in [-0.1, -0.05) is 49.7 Å². The number of hydrogen-bond acceptors (Lipinski definition) is 3. The Labute approximate surface area is 133 Å². The lowest BCUT2D eigenvalue weighted by atomic mass is 10.1. The minimum Gasteiger partial charge on any atom is -0.318 e. The fourth-order valence-electron chi connectivity index (χ4n) is 2.33. The van der Waals surface area contributed by atoms with Crippen LogP contribution in [0.2, 0.25) is 0 Å². The molecule has 0 atom stereocenters. The van der Waals surface area contributed by atoms with Crippen LogP contribution in [0.3, 0.4) is 0 Å². The van der Waals surface area contributed by atoms with Crippen molar-refractivity contribution in [1.29, 1.82) is 0 Å². The molecule has 0 unspecified atom stereocenters. The van der Waals surface area contributed by atoms with E-state index in [-0.39, 0.29) is 5.91 Å². The first-order valence-corrected chi connectivity index (χ1v) is 8.15. The number of hydrogen-bond donors (Lipinski definition) is 2. The summed E-state index contributed by atoms with van der Waals surface area (Å²) in [6.07, 6.45) is 1.83. The molecule has 0 aliphatic carbocycles. The minimum atomic E-state index is -0.0917. The van der Waals surface area contributed by atoms with Gasteiger partial charge in [0.1, 0.15) is 5.69 Å². The molecule has 0 aliphatic rings. The first kappa shape index (κ1) is 14.5. The number of nitrogens with zero attached hydrogens (tertiary/aromatic N) is 1. The van der Waals surface area contributed by atoms with Crippen LogP contribution in [0.1, 0.15) is 28.7 Å². The van der Waals surface area contributed by atoms with Crippen molar-refractivity contribution in [3.63, 3.8) is 0 Å². The molecule has 0 saturated heterocycles. The third-order valence-electron chi connectivity index (χ3n) is 3.37. The van der Waals surface area contributed by atoms with Gasteiger partial charge < -0.3 is 5.32 Å². The summed E-state index contributed by atoms with van der Waals surface area (Å²) in [5, 5.41) is 12.4. The standard InChI is InChI=1S/C17H17N3OS/c1-2-7-13-16(18-17(21)14-10-6-11-22-14)15(20-19-13)12-8-4-3-5-9-12/h3-6,8-11H,2,7H2,1H3,(H,18,21)(H,19,20). The van der Waals surface area contributed by atoms with Gasteiger partial charge in [0.25, 0.3) is 5.91 Å². The smallest absolute Gasteiger partial charge is 0.265 e. The van der Waals surface area contributed by atoms with Crippen LogP contribution in [0, 0.1) is 0 Å². The Balaban J connectivity index is 1.97. The molecule has 112 valence electrons. The number of anilines is 1. The van der Waals surface area contributed by atoms with Crippen molar-refractivity contribution in [2.75, 3.05) is 5.32 Å². The molecule has 2 N–H and O–H groups in total. The van der Waals surface area contributed by atoms with E-state index in [0.29, 0.717) is 4.88 Å². The molecule has 2 aromatic heterocycles. The van der Waals surface area contributed by atoms with Crippen LogP contribution < -0.4 is 5.32 Å². The largest absolute Gasteiger partial charge is 0.318 e. The molecule has 22 heavy (non-hydrogen) atoms. The van der Waals surface area contributed by atoms with Gasteiger partial charge in [-0.2, -0.15) is 5.10 Å². The lowest BCUT2D eigenvalue weighted by Gasteiger charge is -2.07. The van der Waals surface area contributed by atoms with Crippen molar-refractivity contribution in [2.24, 2.45) is 0 Å². The SMILES string of the molecule is CCCc1[nH]nc(-c2ccccc2)c1NC(=O)c1cccs1. The van der Waals surface area contributed by atoms with Crippen molar-refractivity contribution in [3.8, 4) is 11.3 Å². The molecule has 3 rings (SSSR count). The predicted octanol–water partition coefficient (Wildman–Crippen LogP) is 4.34. The number of benzene rings is 1. The van der Waals surface area contributed by atoms with Crippen LogP contribution in [-0.2, 0) is 6.42 Å². The normalized spacial score (nSPS) is 10.6. The van der Waals surface area contributed by atoms with Gasteiger partial charge in [0.2, 0.25) is 0 Å². The quantitative estimate of drug-likeness (QED) is 0.736. The van der Waals surface area contributed by atoms with Crippen molar-refractivity contribution < 1.29 is 4.79 Å². The van der Waals surface area contributed by atoms with Gasteiger partial charge in [-0.05, 0) is 17.9 Å². The molecule has 5 heteroatoms. The Hall–Kier alpha value is -2.40. The van der Waals surface area contributed by atoms with Crippen LogP contribution in [0.15, 0.2) is 47.8 Å². The topological polar surface area (TPSA) is 57.8 Å². The number of thiophene rings is 1. The second-order valence-corrected chi connectivity index (χ2v) is 5.92. The maximum atomic E-state index is 12.4. The van der Waals surface area contributed by atoms with Gasteiger partial charge in [0, 0.05) is 5.56 Å². The highest BCUT2D eigenvalue weighted by Crippen LogP contribution is 2.30. The molecule has 0 radical (unpaired) electrons. The third kappa shape index (κ3) is 2.94. The van der Waals surface area contributed by atoms with Gasteiger partial charge in [-0.15, -0.1) is 11.3 Å². The van der Waals surface area contributed by atoms with Crippen molar-refractivity contribution >= 4 is 22.9 Å². The summed E-state index contributed by atoms with van der Waals surface area (Å²) >= 11 is 1.43. The van der Waals surface area contributed by atoms with E-state index >= 15 is 0 Å². The highest BCUT2D eigenvalue weighted by atomic mass is 32.1. The summed E-state index contributed by atoms with van der Waals surface area (Å²) < 4.78 is 0. The Morgan fingerprint density at radius 1 is 1.23 bits per heavy atom. The molecule has 0 aliphatic heterocycles. The van der Waals surface area contributed by atoms with E-state index in [0.717, 1.165) is 35.5 Å². The second-order valence-electron chi connectivity index (χ2n) is 4.97. The Bertz CT molecular complexity index is 748. The molecule has 4 nitrogen and oxygen atoms in total. The maximum absolute atomic E-state index is 12.4. The summed E-state index contributed by atoms with van der Waals surface area (Å²) in [5.74, 6) is -0.0917. The monoisotopic (exact) mass is 311 g/mol. The Morgan fingerprint density at radius 2 is 2.05 bits per heavy atom. The van der Waals surface area contributed by atoms with Crippen LogP contribution in [0.4, 0.5) is 5.69 Å². The van der Waals surface area contributed by atoms with Crippen molar-refractivity contribution in [2.45, 2.75) is 19.8 Å². The number of aryl methyl sites for hydroxylation is 1. The maximum Gasteiger partial charge on any atom is 0.265 e. The summed E-state index contributed by atoms with van der Waals surface area (Å²) in [4.78, 5) is 13.1. The first-order chi connectivity index (χ1) is 10.8. The first-order valence-electron chi connectivity index (χ1n) is 7.27. The van der Waals surface area contributed by atoms with Crippen molar-refractivity contribution in [1.82, 2.24) is 10.2 Å². The van der Waals surface area contributed by atoms with Crippen LogP contribution in [-0.4, -0.2) is 16.1 Å². The average molecular weight is 311 g/mol. The summed E-state index contributed by atoms with van der Waals surface area (Å²) in [6.45, 7) is 2.11. The molecule has 0 fully saturated rings. The molecular formula is C17H17N3OS. The number of carbonyl (C=O) groups is 1. The molecule has 0 bridgehead atoms. The van der Waals surface area contributed by atoms with Gasteiger partial charge in [-0.25, -0.2) is 0 Å². The van der Waals surface area contributed by atoms with Gasteiger partial charge in [0.05, 0.1) is 16.3 Å². The lowest BCUT2D eigenvalue weighted by Crippen LogP contribution is -2.11. The van der Waals surface area contributed by atoms with Crippen molar-refractivity contribution in [3.05, 3.63) is 58.4 Å². The molecule has 3 aromatic rings. The number of aromatic nitrogens is 2. The number of amides is 1. The third-order valence-corrected chi connectivity index (χ3v) is 4.24. The lowest BCUT2D eigenvalue weighted by molar-refractivity contribution is 0.103. The fourth-order valence-corrected chi connectivity index (χ4v) is 2.95. The Morgan fingerprint density at radius 3 is 2.73 bits per heavy atom. The summed E-state index contributed by atoms with van der Waals surface area (Å²) in [6, 6.07) is 13.6. The van der Waals surface area contributed by atoms with E-state index in [1.807, 2.05) is 47.8 Å². The molecular weight excluding hydrogens is 294 g/mol. The summed E-state index contributed by atoms with van der Waals surface area (Å²) in [7, 11) is 0. The molecule has 1 amide bonds. The van der Waals surface area contributed by atoms with Crippen LogP contribution in [0.5, 0.6) is 0 Å². The van der Waals surface area contributed by atoms with E-state index in [1.165, 1.54) is 11.3 Å². The van der Waals surface area contributed by atoms with E-state index in [9.17, 15) is 4.79 Å². The highest BCUT2D eigenvalue weighted by Gasteiger charge is 2.17. The minimum absolute atomic E-state index is 0.0917. The zero-order valence-electron chi connectivity index (χ0n) is 12.3.